The second kappa shape index (κ2) is 8.55. The zero-order valence-corrected chi connectivity index (χ0v) is 18.4. The van der Waals surface area contributed by atoms with Gasteiger partial charge in [-0.05, 0) is 45.0 Å². The fourth-order valence-corrected chi connectivity index (χ4v) is 4.84. The Balaban J connectivity index is 1.63. The maximum atomic E-state index is 13.5. The van der Waals surface area contributed by atoms with Gasteiger partial charge in [-0.1, -0.05) is 36.0 Å². The van der Waals surface area contributed by atoms with Gasteiger partial charge < -0.3 is 4.74 Å². The number of amidine groups is 1. The number of para-hydroxylation sites is 2. The van der Waals surface area contributed by atoms with E-state index in [1.807, 2.05) is 38.1 Å². The van der Waals surface area contributed by atoms with Gasteiger partial charge in [-0.15, -0.1) is 0 Å². The number of ether oxygens (including phenoxy) is 1. The van der Waals surface area contributed by atoms with Gasteiger partial charge in [0, 0.05) is 11.8 Å². The van der Waals surface area contributed by atoms with Gasteiger partial charge in [-0.2, -0.15) is 0 Å². The summed E-state index contributed by atoms with van der Waals surface area (Å²) < 4.78 is 5.65. The molecule has 8 heteroatoms. The molecule has 160 valence electrons. The summed E-state index contributed by atoms with van der Waals surface area (Å²) in [4.78, 5) is 46.4. The Labute approximate surface area is 185 Å². The molecule has 1 saturated heterocycles. The summed E-state index contributed by atoms with van der Waals surface area (Å²) in [6, 6.07) is 13.0. The largest absolute Gasteiger partial charge is 0.492 e. The van der Waals surface area contributed by atoms with Crippen molar-refractivity contribution in [3.63, 3.8) is 0 Å². The fourth-order valence-electron chi connectivity index (χ4n) is 3.73. The minimum atomic E-state index is -0.944. The Hall–Kier alpha value is -3.13. The number of imide groups is 1. The van der Waals surface area contributed by atoms with Crippen LogP contribution in [-0.2, 0) is 4.79 Å². The molecule has 0 aliphatic carbocycles. The summed E-state index contributed by atoms with van der Waals surface area (Å²) in [7, 11) is 0. The van der Waals surface area contributed by atoms with E-state index >= 15 is 0 Å². The SMILES string of the molecule is CCOc1ccccc1N=C1SCC(C)N1C(=O)C(C)N1C(=O)c2ccccc2C1=O. The third-order valence-electron chi connectivity index (χ3n) is 5.29. The smallest absolute Gasteiger partial charge is 0.262 e. The van der Waals surface area contributed by atoms with E-state index in [2.05, 4.69) is 4.99 Å². The molecular weight excluding hydrogens is 414 g/mol. The summed E-state index contributed by atoms with van der Waals surface area (Å²) in [5.74, 6) is 0.0938. The second-order valence-corrected chi connectivity index (χ2v) is 8.35. The van der Waals surface area contributed by atoms with Gasteiger partial charge in [-0.3, -0.25) is 24.2 Å². The van der Waals surface area contributed by atoms with E-state index in [0.29, 0.717) is 40.1 Å². The number of rotatable bonds is 5. The quantitative estimate of drug-likeness (QED) is 0.666. The van der Waals surface area contributed by atoms with Crippen LogP contribution in [0.4, 0.5) is 5.69 Å². The number of hydrogen-bond donors (Lipinski definition) is 0. The molecule has 2 atom stereocenters. The average Bonchev–Trinajstić information content (AvgIpc) is 3.26. The molecule has 2 aromatic rings. The van der Waals surface area contributed by atoms with E-state index in [4.69, 9.17) is 4.74 Å². The van der Waals surface area contributed by atoms with Crippen molar-refractivity contribution in [2.45, 2.75) is 32.9 Å². The van der Waals surface area contributed by atoms with Crippen molar-refractivity contribution in [2.75, 3.05) is 12.4 Å². The molecule has 2 unspecified atom stereocenters. The summed E-state index contributed by atoms with van der Waals surface area (Å²) >= 11 is 1.47. The standard InChI is InChI=1S/C23H23N3O4S/c1-4-30-19-12-8-7-11-18(19)24-23-25(14(2)13-31-23)20(27)15(3)26-21(28)16-9-5-6-10-17(16)22(26)29/h5-12,14-15H,4,13H2,1-3H3. The molecule has 0 saturated carbocycles. The minimum Gasteiger partial charge on any atom is -0.492 e. The van der Waals surface area contributed by atoms with Crippen LogP contribution in [0.25, 0.3) is 0 Å². The van der Waals surface area contributed by atoms with Crippen LogP contribution in [0.2, 0.25) is 0 Å². The van der Waals surface area contributed by atoms with Crippen LogP contribution in [-0.4, -0.2) is 57.1 Å². The monoisotopic (exact) mass is 437 g/mol. The van der Waals surface area contributed by atoms with Gasteiger partial charge in [0.1, 0.15) is 17.5 Å². The van der Waals surface area contributed by atoms with Crippen molar-refractivity contribution in [1.29, 1.82) is 0 Å². The van der Waals surface area contributed by atoms with Gasteiger partial charge in [0.25, 0.3) is 17.7 Å². The minimum absolute atomic E-state index is 0.117. The highest BCUT2D eigenvalue weighted by Crippen LogP contribution is 2.33. The molecule has 3 amide bonds. The summed E-state index contributed by atoms with van der Waals surface area (Å²) in [5.41, 5.74) is 1.29. The molecule has 0 aromatic heterocycles. The van der Waals surface area contributed by atoms with Gasteiger partial charge in [-0.25, -0.2) is 4.99 Å². The molecule has 0 bridgehead atoms. The highest BCUT2D eigenvalue weighted by molar-refractivity contribution is 8.14. The van der Waals surface area contributed by atoms with Crippen molar-refractivity contribution in [1.82, 2.24) is 9.80 Å². The number of hydrogen-bond acceptors (Lipinski definition) is 6. The zero-order valence-electron chi connectivity index (χ0n) is 17.6. The predicted molar refractivity (Wildman–Crippen MR) is 120 cm³/mol. The number of nitrogens with zero attached hydrogens (tertiary/aromatic N) is 3. The molecule has 0 N–H and O–H groups in total. The zero-order chi connectivity index (χ0) is 22.1. The van der Waals surface area contributed by atoms with Crippen LogP contribution in [0.3, 0.4) is 0 Å². The van der Waals surface area contributed by atoms with E-state index in [-0.39, 0.29) is 11.9 Å². The highest BCUT2D eigenvalue weighted by Gasteiger charge is 2.44. The number of aliphatic imine (C=N–C) groups is 1. The Morgan fingerprint density at radius 1 is 1.13 bits per heavy atom. The van der Waals surface area contributed by atoms with E-state index in [1.54, 1.807) is 36.1 Å². The number of amides is 3. The van der Waals surface area contributed by atoms with E-state index in [1.165, 1.54) is 11.8 Å². The first-order valence-corrected chi connectivity index (χ1v) is 11.2. The molecule has 2 heterocycles. The van der Waals surface area contributed by atoms with Crippen LogP contribution >= 0.6 is 11.8 Å². The molecule has 2 aliphatic rings. The Kier molecular flexibility index (Phi) is 5.82. The maximum Gasteiger partial charge on any atom is 0.262 e. The molecule has 2 aromatic carbocycles. The molecule has 1 fully saturated rings. The van der Waals surface area contributed by atoms with Crippen LogP contribution in [0.1, 0.15) is 41.5 Å². The van der Waals surface area contributed by atoms with Crippen molar-refractivity contribution >= 4 is 40.3 Å². The summed E-state index contributed by atoms with van der Waals surface area (Å²) in [6.07, 6.45) is 0. The number of benzene rings is 2. The number of thioether (sulfide) groups is 1. The first-order chi connectivity index (χ1) is 14.9. The van der Waals surface area contributed by atoms with E-state index in [9.17, 15) is 14.4 Å². The van der Waals surface area contributed by atoms with E-state index in [0.717, 1.165) is 4.90 Å². The molecule has 0 spiro atoms. The van der Waals surface area contributed by atoms with Gasteiger partial charge >= 0.3 is 0 Å². The predicted octanol–water partition coefficient (Wildman–Crippen LogP) is 3.72. The summed E-state index contributed by atoms with van der Waals surface area (Å²) in [6.45, 7) is 5.92. The van der Waals surface area contributed by atoms with Crippen LogP contribution < -0.4 is 4.74 Å². The lowest BCUT2D eigenvalue weighted by Gasteiger charge is -2.28. The fraction of sp³-hybridized carbons (Fsp3) is 0.304. The maximum absolute atomic E-state index is 13.5. The Bertz CT molecular complexity index is 1050. The van der Waals surface area contributed by atoms with Crippen molar-refractivity contribution in [2.24, 2.45) is 4.99 Å². The lowest BCUT2D eigenvalue weighted by atomic mass is 10.1. The Morgan fingerprint density at radius 2 is 1.74 bits per heavy atom. The number of fused-ring (bicyclic) bond motifs is 1. The lowest BCUT2D eigenvalue weighted by molar-refractivity contribution is -0.131. The summed E-state index contributed by atoms with van der Waals surface area (Å²) in [5, 5.41) is 0.535. The normalized spacial score (nSPS) is 20.4. The molecular formula is C23H23N3O4S. The molecule has 2 aliphatic heterocycles. The van der Waals surface area contributed by atoms with Crippen molar-refractivity contribution in [3.8, 4) is 5.75 Å². The highest BCUT2D eigenvalue weighted by atomic mass is 32.2. The lowest BCUT2D eigenvalue weighted by Crippen LogP contribution is -2.51. The molecule has 4 rings (SSSR count). The van der Waals surface area contributed by atoms with Crippen LogP contribution in [0, 0.1) is 0 Å². The third-order valence-corrected chi connectivity index (χ3v) is 6.48. The molecule has 7 nitrogen and oxygen atoms in total. The van der Waals surface area contributed by atoms with Gasteiger partial charge in [0.15, 0.2) is 5.17 Å². The van der Waals surface area contributed by atoms with Crippen molar-refractivity contribution in [3.05, 3.63) is 59.7 Å². The van der Waals surface area contributed by atoms with Gasteiger partial charge in [0.2, 0.25) is 0 Å². The van der Waals surface area contributed by atoms with Crippen LogP contribution in [0.15, 0.2) is 53.5 Å². The van der Waals surface area contributed by atoms with Gasteiger partial charge in [0.05, 0.1) is 17.7 Å². The molecule has 0 radical (unpaired) electrons. The molecule has 31 heavy (non-hydrogen) atoms. The number of carbonyl (C=O) groups excluding carboxylic acids is 3. The van der Waals surface area contributed by atoms with Crippen LogP contribution in [0.5, 0.6) is 5.75 Å². The van der Waals surface area contributed by atoms with E-state index < -0.39 is 17.9 Å². The van der Waals surface area contributed by atoms with Crippen molar-refractivity contribution < 1.29 is 19.1 Å². The third kappa shape index (κ3) is 3.72. The topological polar surface area (TPSA) is 79.3 Å². The first-order valence-electron chi connectivity index (χ1n) is 10.2. The number of carbonyl (C=O) groups is 3. The Morgan fingerprint density at radius 3 is 2.39 bits per heavy atom. The second-order valence-electron chi connectivity index (χ2n) is 7.37. The average molecular weight is 438 g/mol. The first kappa shape index (κ1) is 21.1.